The van der Waals surface area contributed by atoms with E-state index in [-0.39, 0.29) is 62.0 Å². The van der Waals surface area contributed by atoms with Gasteiger partial charge in [0.2, 0.25) is 65.0 Å². The van der Waals surface area contributed by atoms with Gasteiger partial charge in [-0.15, -0.1) is 0 Å². The average Bonchev–Trinajstić information content (AvgIpc) is 3.82. The number of nitrogens with zero attached hydrogens (tertiary/aromatic N) is 2. The van der Waals surface area contributed by atoms with E-state index in [1.165, 1.54) is 29.2 Å². The van der Waals surface area contributed by atoms with E-state index in [1.54, 1.807) is 13.8 Å². The molecule has 2 aliphatic heterocycles. The number of carbonyl (C=O) groups excluding carboxylic acids is 11. The highest BCUT2D eigenvalue weighted by Gasteiger charge is 2.41. The lowest BCUT2D eigenvalue weighted by molar-refractivity contribution is -0.142. The fraction of sp³-hybridized carbons (Fsp3) is 0.581. The van der Waals surface area contributed by atoms with E-state index in [2.05, 4.69) is 42.2 Å². The molecule has 0 radical (unpaired) electrons. The molecule has 72 heavy (non-hydrogen) atoms. The van der Waals surface area contributed by atoms with Crippen LogP contribution in [0.2, 0.25) is 0 Å². The molecule has 2 fully saturated rings. The number of rotatable bonds is 19. The molecule has 0 bridgehead atoms. The quantitative estimate of drug-likeness (QED) is 0.0266. The van der Waals surface area contributed by atoms with Crippen LogP contribution in [0, 0.1) is 5.92 Å². The Morgan fingerprint density at radius 2 is 1.43 bits per heavy atom. The number of hydrogen-bond acceptors (Lipinski definition) is 16. The molecular weight excluding hydrogens is 983 g/mol. The molecule has 2 unspecified atom stereocenters. The molecule has 9 atom stereocenters. The highest BCUT2D eigenvalue weighted by atomic mass is 33.1. The predicted octanol–water partition coefficient (Wildman–Crippen LogP) is -5.60. The van der Waals surface area contributed by atoms with Crippen molar-refractivity contribution in [3.8, 4) is 5.75 Å². The van der Waals surface area contributed by atoms with E-state index in [0.29, 0.717) is 18.4 Å². The van der Waals surface area contributed by atoms with Gasteiger partial charge >= 0.3 is 0 Å². The van der Waals surface area contributed by atoms with Gasteiger partial charge in [-0.3, -0.25) is 57.7 Å². The van der Waals surface area contributed by atoms with Gasteiger partial charge in [0.1, 0.15) is 48.0 Å². The van der Waals surface area contributed by atoms with Crippen molar-refractivity contribution >= 4 is 92.5 Å². The number of primary amides is 3. The highest BCUT2D eigenvalue weighted by Crippen LogP contribution is 2.26. The lowest BCUT2D eigenvalue weighted by Gasteiger charge is -2.31. The average molecular weight is 1050 g/mol. The number of carbonyl (C=O) groups is 11. The van der Waals surface area contributed by atoms with Crippen LogP contribution in [0.4, 0.5) is 0 Å². The van der Waals surface area contributed by atoms with Crippen LogP contribution in [0.1, 0.15) is 70.8 Å². The SMILES string of the molecule is CC[C@H](C)C1NC(=O)[C@H](Cc2ccc(O)cc2)NC(=O)[C@@H](N)CSSC[C@@H](C(=O)N2CCC[C@H]2C(=O)N[C@@H](CCCN=C(N)N)C(=O)NCC(N)=O)NC(=O)[C@H](CC(N)=O)NC(=O)C(CCC(N)=O)NC1=O. The third kappa shape index (κ3) is 19.7. The van der Waals surface area contributed by atoms with Crippen molar-refractivity contribution in [2.24, 2.45) is 45.3 Å². The van der Waals surface area contributed by atoms with Gasteiger partial charge in [0.25, 0.3) is 0 Å². The summed E-state index contributed by atoms with van der Waals surface area (Å²) in [5.41, 5.74) is 33.7. The maximum absolute atomic E-state index is 14.5. The summed E-state index contributed by atoms with van der Waals surface area (Å²) in [5, 5.41) is 27.6. The first-order chi connectivity index (χ1) is 34.0. The van der Waals surface area contributed by atoms with E-state index in [1.807, 2.05) is 0 Å². The van der Waals surface area contributed by atoms with Crippen LogP contribution in [0.3, 0.4) is 0 Å². The zero-order chi connectivity index (χ0) is 53.7. The highest BCUT2D eigenvalue weighted by molar-refractivity contribution is 8.76. The molecule has 0 saturated carbocycles. The first-order valence-electron chi connectivity index (χ1n) is 23.1. The number of phenols is 1. The number of guanidine groups is 1. The summed E-state index contributed by atoms with van der Waals surface area (Å²) in [7, 11) is 2.00. The Morgan fingerprint density at radius 1 is 0.806 bits per heavy atom. The number of amides is 11. The second-order valence-corrected chi connectivity index (χ2v) is 19.8. The van der Waals surface area contributed by atoms with Gasteiger partial charge in [0, 0.05) is 37.4 Å². The van der Waals surface area contributed by atoms with Crippen molar-refractivity contribution in [1.29, 1.82) is 0 Å². The first kappa shape index (κ1) is 59.4. The Bertz CT molecular complexity index is 2170. The van der Waals surface area contributed by atoms with Crippen molar-refractivity contribution in [2.45, 2.75) is 120 Å². The Balaban J connectivity index is 2.04. The van der Waals surface area contributed by atoms with E-state index in [0.717, 1.165) is 21.6 Å². The van der Waals surface area contributed by atoms with Crippen LogP contribution >= 0.6 is 21.6 Å². The summed E-state index contributed by atoms with van der Waals surface area (Å²) >= 11 is 0. The molecule has 2 saturated heterocycles. The molecule has 20 N–H and O–H groups in total. The fourth-order valence-electron chi connectivity index (χ4n) is 7.41. The van der Waals surface area contributed by atoms with E-state index >= 15 is 0 Å². The van der Waals surface area contributed by atoms with Crippen LogP contribution in [0.5, 0.6) is 5.75 Å². The summed E-state index contributed by atoms with van der Waals surface area (Å²) in [5.74, 6) is -10.9. The number of phenolic OH excluding ortho intramolecular Hbond substituents is 1. The summed E-state index contributed by atoms with van der Waals surface area (Å²) in [6.07, 6.45) is -0.813. The summed E-state index contributed by atoms with van der Waals surface area (Å²) < 4.78 is 0. The van der Waals surface area contributed by atoms with Crippen molar-refractivity contribution in [3.63, 3.8) is 0 Å². The van der Waals surface area contributed by atoms with E-state index in [9.17, 15) is 57.8 Å². The van der Waals surface area contributed by atoms with Crippen LogP contribution < -0.4 is 71.6 Å². The number of nitrogens with two attached hydrogens (primary N) is 6. The number of nitrogens with one attached hydrogen (secondary N) is 7. The summed E-state index contributed by atoms with van der Waals surface area (Å²) in [4.78, 5) is 152. The molecule has 2 aliphatic rings. The number of hydrogen-bond donors (Lipinski definition) is 14. The maximum Gasteiger partial charge on any atom is 0.246 e. The second-order valence-electron chi connectivity index (χ2n) is 17.2. The molecule has 0 spiro atoms. The lowest BCUT2D eigenvalue weighted by Crippen LogP contribution is -2.61. The molecule has 0 aromatic heterocycles. The molecule has 27 nitrogen and oxygen atoms in total. The van der Waals surface area contributed by atoms with Crippen molar-refractivity contribution in [2.75, 3.05) is 31.1 Å². The predicted molar refractivity (Wildman–Crippen MR) is 265 cm³/mol. The molecule has 3 rings (SSSR count). The zero-order valence-corrected chi connectivity index (χ0v) is 41.7. The van der Waals surface area contributed by atoms with Crippen molar-refractivity contribution in [3.05, 3.63) is 29.8 Å². The normalized spacial score (nSPS) is 23.6. The van der Waals surface area contributed by atoms with Gasteiger partial charge in [-0.25, -0.2) is 0 Å². The van der Waals surface area contributed by atoms with Crippen LogP contribution in [-0.2, 0) is 59.2 Å². The largest absolute Gasteiger partial charge is 0.508 e. The minimum Gasteiger partial charge on any atom is -0.508 e. The van der Waals surface area contributed by atoms with Gasteiger partial charge in [0.05, 0.1) is 19.0 Å². The van der Waals surface area contributed by atoms with E-state index in [4.69, 9.17) is 34.4 Å². The Morgan fingerprint density at radius 3 is 2.06 bits per heavy atom. The molecule has 1 aromatic carbocycles. The maximum atomic E-state index is 14.5. The number of aliphatic imine (C=N–C) groups is 1. The minimum atomic E-state index is -1.78. The zero-order valence-electron chi connectivity index (χ0n) is 40.0. The molecule has 11 amide bonds. The molecule has 1 aromatic rings. The van der Waals surface area contributed by atoms with E-state index < -0.39 is 145 Å². The minimum absolute atomic E-state index is 0.00520. The lowest BCUT2D eigenvalue weighted by atomic mass is 9.96. The van der Waals surface area contributed by atoms with Crippen molar-refractivity contribution < 1.29 is 57.8 Å². The molecule has 398 valence electrons. The van der Waals surface area contributed by atoms with Crippen LogP contribution in [0.15, 0.2) is 29.3 Å². The third-order valence-corrected chi connectivity index (χ3v) is 14.0. The smallest absolute Gasteiger partial charge is 0.246 e. The summed E-state index contributed by atoms with van der Waals surface area (Å²) in [6.45, 7) is 2.95. The second kappa shape index (κ2) is 29.5. The standard InChI is InChI=1S/C43H67N15O12S2/c1-3-21(2)34-41(69)53-26(12-13-31(45)60)37(65)55-28(17-32(46)61)38(66)56-29(20-72-71-19-24(44)35(63)54-27(39(67)57-34)16-22-8-10-23(59)11-9-22)42(70)58-15-5-7-30(58)40(68)52-25(6-4-14-50-43(48)49)36(64)51-18-33(47)62/h8-11,21,24-30,34,59H,3-7,12-20,44H2,1-2H3,(H2,45,60)(H2,46,61)(H2,47,62)(H,51,64)(H,52,68)(H,53,69)(H,54,63)(H,55,65)(H,56,66)(H,57,67)(H4,48,49,50)/t21-,24-,25-,26?,27-,28-,29-,30-,34?/m0/s1. The first-order valence-corrected chi connectivity index (χ1v) is 25.6. The summed E-state index contributed by atoms with van der Waals surface area (Å²) in [6, 6.07) is -5.40. The topological polar surface area (TPSA) is 464 Å². The molecule has 0 aliphatic carbocycles. The Labute approximate surface area is 423 Å². The Hall–Kier alpha value is -6.88. The molecular formula is C43H67N15O12S2. The fourth-order valence-corrected chi connectivity index (χ4v) is 9.69. The van der Waals surface area contributed by atoms with Crippen molar-refractivity contribution in [1.82, 2.24) is 42.1 Å². The van der Waals surface area contributed by atoms with Gasteiger partial charge in [-0.1, -0.05) is 54.0 Å². The van der Waals surface area contributed by atoms with Gasteiger partial charge in [-0.05, 0) is 55.7 Å². The van der Waals surface area contributed by atoms with Gasteiger partial charge in [0.15, 0.2) is 5.96 Å². The number of benzene rings is 1. The third-order valence-electron chi connectivity index (χ3n) is 11.5. The molecule has 29 heteroatoms. The van der Waals surface area contributed by atoms with Gasteiger partial charge < -0.3 is 81.6 Å². The number of aromatic hydroxyl groups is 1. The number of likely N-dealkylation sites (tertiary alicyclic amines) is 1. The van der Waals surface area contributed by atoms with Gasteiger partial charge in [-0.2, -0.15) is 0 Å². The monoisotopic (exact) mass is 1050 g/mol. The Kier molecular flexibility index (Phi) is 24.3. The molecule has 2 heterocycles. The van der Waals surface area contributed by atoms with Crippen LogP contribution in [0.25, 0.3) is 0 Å². The van der Waals surface area contributed by atoms with Crippen LogP contribution in [-0.4, -0.2) is 160 Å².